The van der Waals surface area contributed by atoms with Gasteiger partial charge in [-0.3, -0.25) is 0 Å². The zero-order valence-electron chi connectivity index (χ0n) is 55.6. The minimum absolute atomic E-state index is 1.19. The maximum absolute atomic E-state index is 2.32. The summed E-state index contributed by atoms with van der Waals surface area (Å²) in [5.41, 5.74) is 14.6. The van der Waals surface area contributed by atoms with E-state index in [1.807, 2.05) is 12.1 Å². The van der Waals surface area contributed by atoms with Crippen LogP contribution in [0.4, 0.5) is 45.5 Å². The lowest BCUT2D eigenvalue weighted by Crippen LogP contribution is -2.09. The van der Waals surface area contributed by atoms with Gasteiger partial charge in [-0.25, -0.2) is 0 Å². The van der Waals surface area contributed by atoms with Gasteiger partial charge in [-0.1, -0.05) is 279 Å². The highest BCUT2D eigenvalue weighted by molar-refractivity contribution is 6.27. The first-order chi connectivity index (χ1) is 48.3. The molecule has 18 rings (SSSR count). The Labute approximate surface area is 574 Å². The standard InChI is InChI=1S/C25H19N.C23H17N.2C23H19N/c1-26(18-9-3-2-4-10-18)19-15-16-24-22-13-6-5-11-20(22)21-12-7-8-14-23(21)25(24)17-19;1-24(19-8-3-2-4-9-19)21-15-13-18-11-10-16-6-5-7-17-12-14-20(21)23(18)22(16)17;1-24(20-10-3-2-4-11-20)21-16-14-19(15-17-21)23-13-7-9-18-8-5-6-12-22(18)23;1-24(22-9-3-2-4-10-22)23-15-13-19(14-16-23)21-12-11-18-7-5-6-8-20(18)17-21/h2-17H,1H3;2-15H,1H3;2*2-17H,1H3. The molecule has 98 heavy (non-hydrogen) atoms. The van der Waals surface area contributed by atoms with Crippen LogP contribution in [0, 0.1) is 0 Å². The lowest BCUT2D eigenvalue weighted by molar-refractivity contribution is 1.21. The Balaban J connectivity index is 0.000000107. The topological polar surface area (TPSA) is 13.0 Å². The van der Waals surface area contributed by atoms with Crippen LogP contribution >= 0.6 is 0 Å². The summed E-state index contributed by atoms with van der Waals surface area (Å²) in [5, 5.41) is 21.0. The van der Waals surface area contributed by atoms with E-state index in [-0.39, 0.29) is 0 Å². The second-order valence-electron chi connectivity index (χ2n) is 25.0. The molecule has 18 aromatic rings. The van der Waals surface area contributed by atoms with Gasteiger partial charge >= 0.3 is 0 Å². The van der Waals surface area contributed by atoms with Gasteiger partial charge in [0.25, 0.3) is 0 Å². The molecule has 4 nitrogen and oxygen atoms in total. The Morgan fingerprint density at radius 1 is 0.163 bits per heavy atom. The van der Waals surface area contributed by atoms with Crippen LogP contribution in [0.3, 0.4) is 0 Å². The van der Waals surface area contributed by atoms with Gasteiger partial charge in [0.05, 0.1) is 0 Å². The van der Waals surface area contributed by atoms with Gasteiger partial charge in [0.1, 0.15) is 0 Å². The average Bonchev–Trinajstić information content (AvgIpc) is 0.747. The highest BCUT2D eigenvalue weighted by Gasteiger charge is 2.16. The summed E-state index contributed by atoms with van der Waals surface area (Å²) in [5.74, 6) is 0. The van der Waals surface area contributed by atoms with Crippen molar-refractivity contribution in [1.29, 1.82) is 0 Å². The normalized spacial score (nSPS) is 11.1. The first kappa shape index (κ1) is 61.7. The maximum Gasteiger partial charge on any atom is 0.0488 e. The second-order valence-corrected chi connectivity index (χ2v) is 25.0. The SMILES string of the molecule is CN(c1ccccc1)c1ccc(-c2ccc3ccccc3c2)cc1.CN(c1ccccc1)c1ccc(-c2cccc3ccccc23)cc1.CN(c1ccccc1)c1ccc2c3ccccc3c3ccccc3c2c1.CN(c1ccccc1)c1ccc2ccc3cccc4ccc1c2c34. The summed E-state index contributed by atoms with van der Waals surface area (Å²) >= 11 is 0. The van der Waals surface area contributed by atoms with E-state index in [0.717, 1.165) is 0 Å². The number of rotatable bonds is 10. The number of nitrogens with zero attached hydrogens (tertiary/aromatic N) is 4. The molecule has 0 fully saturated rings. The van der Waals surface area contributed by atoms with E-state index in [0.29, 0.717) is 0 Å². The monoisotopic (exact) mass is 1260 g/mol. The maximum atomic E-state index is 2.32. The second kappa shape index (κ2) is 27.8. The summed E-state index contributed by atoms with van der Waals surface area (Å²) in [6, 6.07) is 134. The molecule has 0 heterocycles. The van der Waals surface area contributed by atoms with Crippen molar-refractivity contribution in [2.24, 2.45) is 0 Å². The number of benzene rings is 18. The molecule has 0 atom stereocenters. The Morgan fingerprint density at radius 2 is 0.500 bits per heavy atom. The lowest BCUT2D eigenvalue weighted by Gasteiger charge is -2.23. The molecule has 0 aliphatic heterocycles. The van der Waals surface area contributed by atoms with Crippen LogP contribution in [-0.2, 0) is 0 Å². The molecule has 0 aromatic heterocycles. The third kappa shape index (κ3) is 12.6. The third-order valence-corrected chi connectivity index (χ3v) is 19.2. The van der Waals surface area contributed by atoms with Crippen molar-refractivity contribution < 1.29 is 0 Å². The number of anilines is 8. The van der Waals surface area contributed by atoms with Crippen molar-refractivity contribution in [2.45, 2.75) is 0 Å². The Morgan fingerprint density at radius 3 is 1.05 bits per heavy atom. The molecule has 470 valence electrons. The van der Waals surface area contributed by atoms with Gasteiger partial charge in [-0.15, -0.1) is 0 Å². The van der Waals surface area contributed by atoms with Crippen LogP contribution in [0.1, 0.15) is 0 Å². The minimum Gasteiger partial charge on any atom is -0.345 e. The van der Waals surface area contributed by atoms with Crippen LogP contribution in [0.5, 0.6) is 0 Å². The fraction of sp³-hybridized carbons (Fsp3) is 0.0426. The molecule has 18 aromatic carbocycles. The van der Waals surface area contributed by atoms with Gasteiger partial charge < -0.3 is 19.6 Å². The van der Waals surface area contributed by atoms with Crippen molar-refractivity contribution in [3.63, 3.8) is 0 Å². The zero-order valence-corrected chi connectivity index (χ0v) is 55.6. The Hall–Kier alpha value is -12.5. The molecular formula is C94H74N4. The summed E-state index contributed by atoms with van der Waals surface area (Å²) in [6.45, 7) is 0. The van der Waals surface area contributed by atoms with E-state index in [4.69, 9.17) is 0 Å². The molecule has 0 aliphatic carbocycles. The summed E-state index contributed by atoms with van der Waals surface area (Å²) in [6.07, 6.45) is 0. The number of hydrogen-bond acceptors (Lipinski definition) is 4. The molecule has 0 aliphatic rings. The van der Waals surface area contributed by atoms with Crippen LogP contribution in [0.25, 0.3) is 108 Å². The van der Waals surface area contributed by atoms with Crippen LogP contribution < -0.4 is 19.6 Å². The predicted molar refractivity (Wildman–Crippen MR) is 426 cm³/mol. The first-order valence-electron chi connectivity index (χ1n) is 33.6. The molecule has 0 unspecified atom stereocenters. The van der Waals surface area contributed by atoms with Crippen molar-refractivity contribution in [1.82, 2.24) is 0 Å². The third-order valence-electron chi connectivity index (χ3n) is 19.2. The molecule has 4 heteroatoms. The highest BCUT2D eigenvalue weighted by Crippen LogP contribution is 2.42. The van der Waals surface area contributed by atoms with E-state index in [2.05, 4.69) is 412 Å². The van der Waals surface area contributed by atoms with Crippen molar-refractivity contribution >= 4 is 132 Å². The van der Waals surface area contributed by atoms with E-state index in [1.54, 1.807) is 0 Å². The fourth-order valence-corrected chi connectivity index (χ4v) is 13.9. The van der Waals surface area contributed by atoms with Crippen molar-refractivity contribution in [3.8, 4) is 22.3 Å². The van der Waals surface area contributed by atoms with Crippen molar-refractivity contribution in [2.75, 3.05) is 47.8 Å². The summed E-state index contributed by atoms with van der Waals surface area (Å²) in [4.78, 5) is 8.91. The van der Waals surface area contributed by atoms with E-state index in [1.165, 1.54) is 154 Å². The average molecular weight is 1260 g/mol. The zero-order chi connectivity index (χ0) is 66.3. The molecule has 0 radical (unpaired) electrons. The van der Waals surface area contributed by atoms with Crippen molar-refractivity contribution in [3.05, 3.63) is 376 Å². The first-order valence-corrected chi connectivity index (χ1v) is 33.6. The Kier molecular flexibility index (Phi) is 17.5. The summed E-state index contributed by atoms with van der Waals surface area (Å²) in [7, 11) is 8.46. The number of fused-ring (bicyclic) bond motifs is 8. The van der Waals surface area contributed by atoms with Crippen LogP contribution in [0.15, 0.2) is 376 Å². The molecular weight excluding hydrogens is 1190 g/mol. The largest absolute Gasteiger partial charge is 0.345 e. The number of hydrogen-bond donors (Lipinski definition) is 0. The van der Waals surface area contributed by atoms with Crippen LogP contribution in [-0.4, -0.2) is 28.2 Å². The van der Waals surface area contributed by atoms with Gasteiger partial charge in [-0.2, -0.15) is 0 Å². The van der Waals surface area contributed by atoms with E-state index < -0.39 is 0 Å². The molecule has 0 bridgehead atoms. The molecule has 0 saturated carbocycles. The van der Waals surface area contributed by atoms with Crippen LogP contribution in [0.2, 0.25) is 0 Å². The van der Waals surface area contributed by atoms with Gasteiger partial charge in [0.15, 0.2) is 0 Å². The Bertz CT molecular complexity index is 5680. The lowest BCUT2D eigenvalue weighted by atomic mass is 9.93. The van der Waals surface area contributed by atoms with Gasteiger partial charge in [-0.05, 0) is 200 Å². The van der Waals surface area contributed by atoms with Gasteiger partial charge in [0.2, 0.25) is 0 Å². The molecule has 0 amide bonds. The smallest absolute Gasteiger partial charge is 0.0488 e. The predicted octanol–water partition coefficient (Wildman–Crippen LogP) is 25.8. The highest BCUT2D eigenvalue weighted by atomic mass is 15.1. The quantitative estimate of drug-likeness (QED) is 0.127. The van der Waals surface area contributed by atoms with E-state index in [9.17, 15) is 0 Å². The molecule has 0 saturated heterocycles. The molecule has 0 spiro atoms. The molecule has 0 N–H and O–H groups in total. The minimum atomic E-state index is 1.19. The van der Waals surface area contributed by atoms with E-state index >= 15 is 0 Å². The van der Waals surface area contributed by atoms with Gasteiger partial charge in [0, 0.05) is 79.1 Å². The summed E-state index contributed by atoms with van der Waals surface area (Å²) < 4.78 is 0. The fourth-order valence-electron chi connectivity index (χ4n) is 13.9. The number of para-hydroxylation sites is 4.